The average Bonchev–Trinajstić information content (AvgIpc) is 3.43. The third-order valence-corrected chi connectivity index (χ3v) is 7.56. The van der Waals surface area contributed by atoms with Crippen LogP contribution in [0.2, 0.25) is 5.02 Å². The van der Waals surface area contributed by atoms with Gasteiger partial charge in [-0.3, -0.25) is 14.5 Å². The number of anilines is 1. The van der Waals surface area contributed by atoms with Gasteiger partial charge in [0.1, 0.15) is 5.76 Å². The molecule has 2 atom stereocenters. The number of hydrogen-bond acceptors (Lipinski definition) is 4. The van der Waals surface area contributed by atoms with Gasteiger partial charge in [-0.25, -0.2) is 0 Å². The normalized spacial score (nSPS) is 20.1. The molecule has 182 valence electrons. The van der Waals surface area contributed by atoms with E-state index < -0.39 is 0 Å². The molecule has 6 rings (SSSR count). The summed E-state index contributed by atoms with van der Waals surface area (Å²) in [4.78, 5) is 31.4. The van der Waals surface area contributed by atoms with Gasteiger partial charge in [-0.1, -0.05) is 23.7 Å². The fourth-order valence-electron chi connectivity index (χ4n) is 5.38. The molecule has 0 aliphatic carbocycles. The number of carbonyl (C=O) groups excluding carboxylic acids is 2. The molecule has 6 nitrogen and oxygen atoms in total. The molecular weight excluding hydrogens is 474 g/mol. The van der Waals surface area contributed by atoms with Gasteiger partial charge in [0.15, 0.2) is 0 Å². The first-order valence-corrected chi connectivity index (χ1v) is 12.5. The highest BCUT2D eigenvalue weighted by molar-refractivity contribution is 6.30. The number of amides is 2. The Bertz CT molecular complexity index is 1450. The number of piperidine rings is 1. The fourth-order valence-corrected chi connectivity index (χ4v) is 5.50. The monoisotopic (exact) mass is 499 g/mol. The topological polar surface area (TPSA) is 65.8 Å². The lowest BCUT2D eigenvalue weighted by Crippen LogP contribution is -2.54. The summed E-state index contributed by atoms with van der Waals surface area (Å²) < 4.78 is 5.63. The summed E-state index contributed by atoms with van der Waals surface area (Å²) in [5.74, 6) is 0.249. The maximum atomic E-state index is 14.0. The van der Waals surface area contributed by atoms with Crippen LogP contribution in [0.4, 0.5) is 5.69 Å². The van der Waals surface area contributed by atoms with E-state index in [2.05, 4.69) is 41.5 Å². The van der Waals surface area contributed by atoms with Crippen molar-refractivity contribution in [2.24, 2.45) is 5.92 Å². The summed E-state index contributed by atoms with van der Waals surface area (Å²) in [5, 5.41) is 5.54. The van der Waals surface area contributed by atoms with Crippen molar-refractivity contribution in [2.45, 2.75) is 19.0 Å². The predicted molar refractivity (Wildman–Crippen MR) is 141 cm³/mol. The molecule has 7 heteroatoms. The Labute approximate surface area is 214 Å². The zero-order chi connectivity index (χ0) is 24.8. The van der Waals surface area contributed by atoms with Crippen LogP contribution in [0.5, 0.6) is 0 Å². The Kier molecular flexibility index (Phi) is 5.78. The molecular formula is C29H26ClN3O3. The number of nitrogens with one attached hydrogen (secondary N) is 1. The van der Waals surface area contributed by atoms with E-state index in [1.54, 1.807) is 30.5 Å². The van der Waals surface area contributed by atoms with Crippen LogP contribution in [-0.2, 0) is 11.3 Å². The van der Waals surface area contributed by atoms with E-state index in [9.17, 15) is 9.59 Å². The fraction of sp³-hybridized carbons (Fsp3) is 0.241. The molecule has 4 aromatic rings. The number of halogens is 1. The lowest BCUT2D eigenvalue weighted by atomic mass is 9.89. The Morgan fingerprint density at radius 3 is 2.67 bits per heavy atom. The van der Waals surface area contributed by atoms with Crippen LogP contribution < -0.4 is 5.32 Å². The second-order valence-corrected chi connectivity index (χ2v) is 10.2. The highest BCUT2D eigenvalue weighted by Gasteiger charge is 2.37. The molecule has 1 aromatic heterocycles. The number of likely N-dealkylation sites (N-methyl/N-ethyl adjacent to an activating group) is 1. The van der Waals surface area contributed by atoms with Gasteiger partial charge in [0.25, 0.3) is 5.91 Å². The summed E-state index contributed by atoms with van der Waals surface area (Å²) in [6.07, 6.45) is 2.32. The molecule has 0 radical (unpaired) electrons. The van der Waals surface area contributed by atoms with Crippen LogP contribution >= 0.6 is 11.6 Å². The van der Waals surface area contributed by atoms with E-state index >= 15 is 0 Å². The molecule has 0 spiro atoms. The van der Waals surface area contributed by atoms with Crippen LogP contribution in [0.3, 0.4) is 0 Å². The molecule has 36 heavy (non-hydrogen) atoms. The van der Waals surface area contributed by atoms with Gasteiger partial charge in [0.05, 0.1) is 12.2 Å². The third-order valence-electron chi connectivity index (χ3n) is 7.31. The van der Waals surface area contributed by atoms with E-state index in [0.29, 0.717) is 35.8 Å². The Morgan fingerprint density at radius 2 is 1.89 bits per heavy atom. The molecule has 1 saturated heterocycles. The second-order valence-electron chi connectivity index (χ2n) is 9.76. The van der Waals surface area contributed by atoms with E-state index in [1.807, 2.05) is 23.1 Å². The van der Waals surface area contributed by atoms with E-state index in [-0.39, 0.29) is 23.8 Å². The Balaban J connectivity index is 1.38. The highest BCUT2D eigenvalue weighted by Crippen LogP contribution is 2.33. The number of carbonyl (C=O) groups is 2. The number of furan rings is 1. The minimum absolute atomic E-state index is 0.0603. The number of fused-ring (bicyclic) bond motifs is 3. The van der Waals surface area contributed by atoms with Gasteiger partial charge < -0.3 is 14.6 Å². The van der Waals surface area contributed by atoms with Crippen molar-refractivity contribution in [1.82, 2.24) is 9.80 Å². The molecule has 3 aromatic carbocycles. The molecule has 4 bridgehead atoms. The van der Waals surface area contributed by atoms with Crippen molar-refractivity contribution in [1.29, 1.82) is 0 Å². The Hall–Kier alpha value is -3.61. The van der Waals surface area contributed by atoms with E-state index in [4.69, 9.17) is 16.0 Å². The molecule has 2 amide bonds. The third kappa shape index (κ3) is 4.27. The zero-order valence-corrected chi connectivity index (χ0v) is 20.7. The summed E-state index contributed by atoms with van der Waals surface area (Å²) in [6, 6.07) is 21.2. The van der Waals surface area contributed by atoms with Crippen molar-refractivity contribution in [3.63, 3.8) is 0 Å². The van der Waals surface area contributed by atoms with Gasteiger partial charge in [0.2, 0.25) is 5.91 Å². The SMILES string of the molecule is CN1Cc2ccc3cc(-c4ccco4)cc(c3c2)C(=O)N2CC(C(=O)Nc3ccc(Cl)cc3)CC1C2. The molecule has 0 saturated carbocycles. The van der Waals surface area contributed by atoms with E-state index in [1.165, 1.54) is 0 Å². The molecule has 2 aliphatic heterocycles. The standard InChI is InChI=1S/C29H26ClN3O3/c1-32-15-18-4-5-19-12-20(27-3-2-10-36-27)14-26(25(19)11-18)29(35)33-16-21(13-24(32)17-33)28(34)31-23-8-6-22(30)7-9-23/h2-12,14,21,24H,13,15-17H2,1H3,(H,31,34). The summed E-state index contributed by atoms with van der Waals surface area (Å²) in [6.45, 7) is 1.69. The van der Waals surface area contributed by atoms with Crippen LogP contribution in [0.1, 0.15) is 22.3 Å². The zero-order valence-electron chi connectivity index (χ0n) is 19.9. The summed E-state index contributed by atoms with van der Waals surface area (Å²) in [5.41, 5.74) is 3.35. The first-order chi connectivity index (χ1) is 17.4. The first kappa shape index (κ1) is 22.8. The maximum absolute atomic E-state index is 14.0. The number of hydrogen-bond donors (Lipinski definition) is 1. The minimum atomic E-state index is -0.327. The summed E-state index contributed by atoms with van der Waals surface area (Å²) in [7, 11) is 2.07. The number of benzene rings is 3. The van der Waals surface area contributed by atoms with Crippen molar-refractivity contribution in [3.8, 4) is 11.3 Å². The molecule has 1 N–H and O–H groups in total. The number of rotatable bonds is 3. The largest absolute Gasteiger partial charge is 0.464 e. The average molecular weight is 500 g/mol. The van der Waals surface area contributed by atoms with Gasteiger partial charge in [-0.05, 0) is 84.4 Å². The summed E-state index contributed by atoms with van der Waals surface area (Å²) >= 11 is 5.99. The van der Waals surface area contributed by atoms with E-state index in [0.717, 1.165) is 34.2 Å². The maximum Gasteiger partial charge on any atom is 0.254 e. The number of nitrogens with zero attached hydrogens (tertiary/aromatic N) is 2. The van der Waals surface area contributed by atoms with Gasteiger partial charge in [0, 0.05) is 47.5 Å². The highest BCUT2D eigenvalue weighted by atomic mass is 35.5. The van der Waals surface area contributed by atoms with Gasteiger partial charge in [-0.2, -0.15) is 0 Å². The van der Waals surface area contributed by atoms with Crippen molar-refractivity contribution < 1.29 is 14.0 Å². The minimum Gasteiger partial charge on any atom is -0.464 e. The quantitative estimate of drug-likeness (QED) is 0.394. The Morgan fingerprint density at radius 1 is 1.06 bits per heavy atom. The first-order valence-electron chi connectivity index (χ1n) is 12.1. The molecule has 1 fully saturated rings. The van der Waals surface area contributed by atoms with Crippen LogP contribution in [-0.4, -0.2) is 47.8 Å². The molecule has 3 heterocycles. The molecule has 2 aliphatic rings. The van der Waals surface area contributed by atoms with Crippen LogP contribution in [0.15, 0.2) is 77.4 Å². The lowest BCUT2D eigenvalue weighted by Gasteiger charge is -2.41. The van der Waals surface area contributed by atoms with Crippen molar-refractivity contribution in [2.75, 3.05) is 25.5 Å². The van der Waals surface area contributed by atoms with Gasteiger partial charge in [-0.15, -0.1) is 0 Å². The lowest BCUT2D eigenvalue weighted by molar-refractivity contribution is -0.122. The smallest absolute Gasteiger partial charge is 0.254 e. The van der Waals surface area contributed by atoms with Crippen molar-refractivity contribution >= 4 is 39.9 Å². The molecule has 2 unspecified atom stereocenters. The van der Waals surface area contributed by atoms with Crippen molar-refractivity contribution in [3.05, 3.63) is 89.1 Å². The predicted octanol–water partition coefficient (Wildman–Crippen LogP) is 5.67. The van der Waals surface area contributed by atoms with Crippen LogP contribution in [0.25, 0.3) is 22.1 Å². The van der Waals surface area contributed by atoms with Crippen LogP contribution in [0, 0.1) is 5.92 Å². The second kappa shape index (κ2) is 9.12. The van der Waals surface area contributed by atoms with Gasteiger partial charge >= 0.3 is 0 Å².